The summed E-state index contributed by atoms with van der Waals surface area (Å²) in [6.07, 6.45) is 4.77. The summed E-state index contributed by atoms with van der Waals surface area (Å²) in [7, 11) is 0. The Labute approximate surface area is 121 Å². The Morgan fingerprint density at radius 2 is 2.32 bits per heavy atom. The van der Waals surface area contributed by atoms with Crippen LogP contribution in [0.5, 0.6) is 5.75 Å². The lowest BCUT2D eigenvalue weighted by molar-refractivity contribution is 0.229. The Balaban J connectivity index is 1.79. The van der Waals surface area contributed by atoms with E-state index >= 15 is 0 Å². The quantitative estimate of drug-likeness (QED) is 0.630. The van der Waals surface area contributed by atoms with Crippen molar-refractivity contribution in [3.05, 3.63) is 28.8 Å². The lowest BCUT2D eigenvalue weighted by atomic mass is 10.1. The van der Waals surface area contributed by atoms with Gasteiger partial charge in [0.05, 0.1) is 10.6 Å². The van der Waals surface area contributed by atoms with Gasteiger partial charge in [-0.25, -0.2) is 4.79 Å². The molecule has 0 aromatic heterocycles. The summed E-state index contributed by atoms with van der Waals surface area (Å²) in [5.41, 5.74) is 0.613. The zero-order chi connectivity index (χ0) is 13.3. The number of hydrogen-bond acceptors (Lipinski definition) is 4. The van der Waals surface area contributed by atoms with Gasteiger partial charge in [-0.2, -0.15) is 16.8 Å². The first-order chi connectivity index (χ1) is 9.23. The second-order valence-corrected chi connectivity index (χ2v) is 6.54. The normalized spacial score (nSPS) is 23.7. The molecule has 1 unspecified atom stereocenters. The first-order valence-electron chi connectivity index (χ1n) is 6.37. The van der Waals surface area contributed by atoms with Crippen LogP contribution in [-0.4, -0.2) is 23.7 Å². The van der Waals surface area contributed by atoms with Gasteiger partial charge in [0, 0.05) is 5.75 Å². The summed E-state index contributed by atoms with van der Waals surface area (Å²) < 4.78 is 5.89. The van der Waals surface area contributed by atoms with Gasteiger partial charge in [-0.05, 0) is 42.7 Å². The van der Waals surface area contributed by atoms with E-state index in [-0.39, 0.29) is 11.6 Å². The van der Waals surface area contributed by atoms with Crippen LogP contribution in [0.25, 0.3) is 0 Å². The standard InChI is InChI=1S/C14H14ClNO2S/c15-12-7-10(14(4-5-14)16-9-17)1-2-13(12)18-11-3-6-19-8-11/h1-2,7,11H,3-6,8H2. The number of thioether (sulfide) groups is 1. The van der Waals surface area contributed by atoms with E-state index in [2.05, 4.69) is 4.99 Å². The zero-order valence-corrected chi connectivity index (χ0v) is 12.0. The molecule has 3 rings (SSSR count). The number of hydrogen-bond donors (Lipinski definition) is 0. The summed E-state index contributed by atoms with van der Waals surface area (Å²) in [6.45, 7) is 0. The molecule has 2 aliphatic rings. The Morgan fingerprint density at radius 3 is 2.89 bits per heavy atom. The molecule has 5 heteroatoms. The van der Waals surface area contributed by atoms with E-state index in [0.29, 0.717) is 5.02 Å². The number of carbonyl (C=O) groups excluding carboxylic acids is 1. The minimum Gasteiger partial charge on any atom is -0.488 e. The van der Waals surface area contributed by atoms with E-state index in [1.165, 1.54) is 0 Å². The highest BCUT2D eigenvalue weighted by Gasteiger charge is 2.45. The molecule has 1 saturated heterocycles. The Kier molecular flexibility index (Phi) is 3.57. The Morgan fingerprint density at radius 1 is 1.47 bits per heavy atom. The van der Waals surface area contributed by atoms with Crippen LogP contribution in [0.1, 0.15) is 24.8 Å². The molecule has 2 fully saturated rings. The van der Waals surface area contributed by atoms with Crippen molar-refractivity contribution in [2.75, 3.05) is 11.5 Å². The summed E-state index contributed by atoms with van der Waals surface area (Å²) in [5.74, 6) is 2.90. The van der Waals surface area contributed by atoms with Crippen molar-refractivity contribution in [3.8, 4) is 5.75 Å². The van der Waals surface area contributed by atoms with Crippen LogP contribution >= 0.6 is 23.4 Å². The third-order valence-electron chi connectivity index (χ3n) is 3.63. The first-order valence-corrected chi connectivity index (χ1v) is 7.90. The molecule has 3 nitrogen and oxygen atoms in total. The van der Waals surface area contributed by atoms with Gasteiger partial charge in [-0.3, -0.25) is 0 Å². The van der Waals surface area contributed by atoms with Gasteiger partial charge in [0.25, 0.3) is 0 Å². The van der Waals surface area contributed by atoms with Gasteiger partial charge >= 0.3 is 0 Å². The zero-order valence-electron chi connectivity index (χ0n) is 10.4. The number of benzene rings is 1. The highest BCUT2D eigenvalue weighted by atomic mass is 35.5. The molecular weight excluding hydrogens is 282 g/mol. The van der Waals surface area contributed by atoms with Crippen LogP contribution < -0.4 is 4.74 Å². The minimum absolute atomic E-state index is 0.260. The molecule has 1 aliphatic carbocycles. The largest absolute Gasteiger partial charge is 0.488 e. The van der Waals surface area contributed by atoms with Crippen molar-refractivity contribution in [1.82, 2.24) is 0 Å². The fraction of sp³-hybridized carbons (Fsp3) is 0.500. The Hall–Kier alpha value is -0.960. The minimum atomic E-state index is -0.368. The van der Waals surface area contributed by atoms with Crippen LogP contribution in [-0.2, 0) is 10.3 Å². The van der Waals surface area contributed by atoms with E-state index < -0.39 is 0 Å². The fourth-order valence-electron chi connectivity index (χ4n) is 2.34. The van der Waals surface area contributed by atoms with Gasteiger partial charge in [0.1, 0.15) is 11.9 Å². The van der Waals surface area contributed by atoms with Crippen molar-refractivity contribution >= 4 is 29.4 Å². The lowest BCUT2D eigenvalue weighted by Crippen LogP contribution is -2.15. The molecule has 1 saturated carbocycles. The van der Waals surface area contributed by atoms with E-state index in [1.807, 2.05) is 30.0 Å². The van der Waals surface area contributed by atoms with Crippen molar-refractivity contribution in [2.24, 2.45) is 4.99 Å². The molecule has 0 spiro atoms. The van der Waals surface area contributed by atoms with Crippen molar-refractivity contribution in [1.29, 1.82) is 0 Å². The predicted octanol–water partition coefficient (Wildman–Crippen LogP) is 3.55. The highest BCUT2D eigenvalue weighted by molar-refractivity contribution is 7.99. The highest BCUT2D eigenvalue weighted by Crippen LogP contribution is 2.50. The first kappa shape index (κ1) is 13.0. The number of isocyanates is 1. The summed E-state index contributed by atoms with van der Waals surface area (Å²) in [6, 6.07) is 5.71. The number of halogens is 1. The van der Waals surface area contributed by atoms with Crippen LogP contribution in [0.3, 0.4) is 0 Å². The maximum absolute atomic E-state index is 10.5. The molecule has 1 heterocycles. The van der Waals surface area contributed by atoms with E-state index in [4.69, 9.17) is 16.3 Å². The molecule has 1 aromatic carbocycles. The molecule has 1 aromatic rings. The molecule has 100 valence electrons. The van der Waals surface area contributed by atoms with Crippen LogP contribution in [0.15, 0.2) is 23.2 Å². The Bertz CT molecular complexity index is 532. The van der Waals surface area contributed by atoms with Crippen molar-refractivity contribution in [3.63, 3.8) is 0 Å². The summed E-state index contributed by atoms with van der Waals surface area (Å²) in [4.78, 5) is 14.4. The maximum atomic E-state index is 10.5. The van der Waals surface area contributed by atoms with Gasteiger partial charge < -0.3 is 4.74 Å². The molecule has 0 N–H and O–H groups in total. The molecule has 0 radical (unpaired) electrons. The molecule has 0 bridgehead atoms. The summed E-state index contributed by atoms with van der Waals surface area (Å²) in [5, 5.41) is 0.599. The SMILES string of the molecule is O=C=NC1(c2ccc(OC3CCSC3)c(Cl)c2)CC1. The van der Waals surface area contributed by atoms with Crippen molar-refractivity contribution < 1.29 is 9.53 Å². The van der Waals surface area contributed by atoms with Crippen molar-refractivity contribution in [2.45, 2.75) is 30.9 Å². The van der Waals surface area contributed by atoms with Gasteiger partial charge in [-0.1, -0.05) is 17.7 Å². The van der Waals surface area contributed by atoms with Gasteiger partial charge in [-0.15, -0.1) is 0 Å². The topological polar surface area (TPSA) is 38.7 Å². The second kappa shape index (κ2) is 5.20. The third kappa shape index (κ3) is 2.66. The average Bonchev–Trinajstić information content (AvgIpc) is 3.00. The number of aliphatic imine (C=N–C) groups is 1. The summed E-state index contributed by atoms with van der Waals surface area (Å²) >= 11 is 8.18. The van der Waals surface area contributed by atoms with E-state index in [0.717, 1.165) is 42.1 Å². The fourth-order valence-corrected chi connectivity index (χ4v) is 3.66. The number of ether oxygens (including phenoxy) is 1. The average molecular weight is 296 g/mol. The third-order valence-corrected chi connectivity index (χ3v) is 5.06. The maximum Gasteiger partial charge on any atom is 0.235 e. The number of rotatable bonds is 4. The van der Waals surface area contributed by atoms with Crippen LogP contribution in [0, 0.1) is 0 Å². The molecule has 1 atom stereocenters. The smallest absolute Gasteiger partial charge is 0.235 e. The second-order valence-electron chi connectivity index (χ2n) is 4.98. The molecule has 19 heavy (non-hydrogen) atoms. The van der Waals surface area contributed by atoms with E-state index in [1.54, 1.807) is 6.08 Å². The van der Waals surface area contributed by atoms with Gasteiger partial charge in [0.2, 0.25) is 6.08 Å². The molecule has 1 aliphatic heterocycles. The number of nitrogens with zero attached hydrogens (tertiary/aromatic N) is 1. The van der Waals surface area contributed by atoms with Crippen LogP contribution in [0.2, 0.25) is 5.02 Å². The monoisotopic (exact) mass is 295 g/mol. The molecular formula is C14H14ClNO2S. The molecule has 0 amide bonds. The van der Waals surface area contributed by atoms with Gasteiger partial charge in [0.15, 0.2) is 0 Å². The lowest BCUT2D eigenvalue weighted by Gasteiger charge is -2.15. The van der Waals surface area contributed by atoms with E-state index in [9.17, 15) is 4.79 Å². The van der Waals surface area contributed by atoms with Crippen LogP contribution in [0.4, 0.5) is 0 Å². The predicted molar refractivity (Wildman–Crippen MR) is 76.8 cm³/mol.